The number of hydrogen-bond acceptors (Lipinski definition) is 2. The van der Waals surface area contributed by atoms with Gasteiger partial charge >= 0.3 is 0 Å². The van der Waals surface area contributed by atoms with Crippen LogP contribution in [-0.4, -0.2) is 12.6 Å². The second kappa shape index (κ2) is 5.17. The Morgan fingerprint density at radius 1 is 1.57 bits per heavy atom. The van der Waals surface area contributed by atoms with Crippen molar-refractivity contribution in [3.63, 3.8) is 0 Å². The van der Waals surface area contributed by atoms with Crippen molar-refractivity contribution in [2.24, 2.45) is 5.73 Å². The van der Waals surface area contributed by atoms with Gasteiger partial charge in [0.05, 0.1) is 10.7 Å². The van der Waals surface area contributed by atoms with E-state index in [2.05, 4.69) is 5.32 Å². The Morgan fingerprint density at radius 3 is 2.86 bits per heavy atom. The lowest BCUT2D eigenvalue weighted by Gasteiger charge is -2.16. The maximum absolute atomic E-state index is 12.9. The summed E-state index contributed by atoms with van der Waals surface area (Å²) in [5, 5.41) is 3.60. The summed E-state index contributed by atoms with van der Waals surface area (Å²) in [7, 11) is 0. The number of anilines is 1. The van der Waals surface area contributed by atoms with Crippen molar-refractivity contribution in [1.82, 2.24) is 0 Å². The highest BCUT2D eigenvalue weighted by atomic mass is 35.5. The molecule has 1 unspecified atom stereocenters. The summed E-state index contributed by atoms with van der Waals surface area (Å²) >= 11 is 5.88. The van der Waals surface area contributed by atoms with E-state index in [4.69, 9.17) is 17.3 Å². The Bertz CT molecular complexity index is 300. The summed E-state index contributed by atoms with van der Waals surface area (Å²) < 4.78 is 12.9. The molecule has 0 aliphatic heterocycles. The first-order valence-electron chi connectivity index (χ1n) is 4.59. The van der Waals surface area contributed by atoms with Gasteiger partial charge < -0.3 is 11.1 Å². The normalized spacial score (nSPS) is 12.6. The largest absolute Gasteiger partial charge is 0.380 e. The molecule has 0 saturated heterocycles. The van der Waals surface area contributed by atoms with Gasteiger partial charge in [0.2, 0.25) is 0 Å². The zero-order chi connectivity index (χ0) is 10.6. The van der Waals surface area contributed by atoms with Gasteiger partial charge in [0.15, 0.2) is 0 Å². The third kappa shape index (κ3) is 2.86. The van der Waals surface area contributed by atoms with E-state index in [1.807, 2.05) is 6.92 Å². The number of nitrogens with one attached hydrogen (secondary N) is 1. The van der Waals surface area contributed by atoms with Gasteiger partial charge in [0.25, 0.3) is 0 Å². The number of hydrogen-bond donors (Lipinski definition) is 2. The molecule has 0 saturated carbocycles. The molecule has 0 fully saturated rings. The van der Waals surface area contributed by atoms with Crippen LogP contribution in [0.2, 0.25) is 5.02 Å². The average molecular weight is 217 g/mol. The molecule has 0 spiro atoms. The minimum atomic E-state index is -0.302. The number of nitrogens with two attached hydrogens (primary N) is 1. The van der Waals surface area contributed by atoms with Crippen LogP contribution in [0.3, 0.4) is 0 Å². The van der Waals surface area contributed by atoms with Crippen molar-refractivity contribution in [2.45, 2.75) is 19.4 Å². The zero-order valence-corrected chi connectivity index (χ0v) is 8.81. The quantitative estimate of drug-likeness (QED) is 0.812. The predicted octanol–water partition coefficient (Wildman–Crippen LogP) is 2.63. The third-order valence-electron chi connectivity index (χ3n) is 2.07. The maximum atomic E-state index is 12.9. The Labute approximate surface area is 88.2 Å². The first-order valence-corrected chi connectivity index (χ1v) is 4.96. The molecule has 0 aliphatic rings. The van der Waals surface area contributed by atoms with Crippen LogP contribution < -0.4 is 11.1 Å². The molecular weight excluding hydrogens is 203 g/mol. The van der Waals surface area contributed by atoms with E-state index in [0.717, 1.165) is 6.42 Å². The second-order valence-corrected chi connectivity index (χ2v) is 3.52. The van der Waals surface area contributed by atoms with Crippen LogP contribution in [0.25, 0.3) is 0 Å². The lowest BCUT2D eigenvalue weighted by Crippen LogP contribution is -2.28. The van der Waals surface area contributed by atoms with Crippen molar-refractivity contribution >= 4 is 17.3 Å². The molecule has 0 heterocycles. The fourth-order valence-electron chi connectivity index (χ4n) is 1.16. The van der Waals surface area contributed by atoms with E-state index in [9.17, 15) is 4.39 Å². The Morgan fingerprint density at radius 2 is 2.29 bits per heavy atom. The molecule has 78 valence electrons. The summed E-state index contributed by atoms with van der Waals surface area (Å²) in [5.41, 5.74) is 6.12. The van der Waals surface area contributed by atoms with Crippen LogP contribution in [0, 0.1) is 5.82 Å². The topological polar surface area (TPSA) is 38.0 Å². The molecule has 0 aliphatic carbocycles. The highest BCUT2D eigenvalue weighted by molar-refractivity contribution is 6.33. The smallest absolute Gasteiger partial charge is 0.125 e. The molecule has 0 aromatic heterocycles. The second-order valence-electron chi connectivity index (χ2n) is 3.11. The van der Waals surface area contributed by atoms with Crippen molar-refractivity contribution < 1.29 is 4.39 Å². The van der Waals surface area contributed by atoms with Gasteiger partial charge in [-0.2, -0.15) is 0 Å². The molecular formula is C10H14ClFN2. The van der Waals surface area contributed by atoms with Crippen LogP contribution in [0.4, 0.5) is 10.1 Å². The Balaban J connectivity index is 2.79. The molecule has 1 aromatic carbocycles. The molecule has 0 amide bonds. The minimum Gasteiger partial charge on any atom is -0.380 e. The van der Waals surface area contributed by atoms with Crippen molar-refractivity contribution in [1.29, 1.82) is 0 Å². The molecule has 1 atom stereocenters. The minimum absolute atomic E-state index is 0.134. The SMILES string of the molecule is CCC(CN)Nc1cc(F)ccc1Cl. The Kier molecular flexibility index (Phi) is 4.17. The van der Waals surface area contributed by atoms with E-state index >= 15 is 0 Å². The third-order valence-corrected chi connectivity index (χ3v) is 2.39. The van der Waals surface area contributed by atoms with Crippen LogP contribution in [0.5, 0.6) is 0 Å². The first kappa shape index (κ1) is 11.3. The summed E-state index contributed by atoms with van der Waals surface area (Å²) in [4.78, 5) is 0. The van der Waals surface area contributed by atoms with Crippen LogP contribution in [0.15, 0.2) is 18.2 Å². The predicted molar refractivity (Wildman–Crippen MR) is 58.2 cm³/mol. The summed E-state index contributed by atoms with van der Waals surface area (Å²) in [5.74, 6) is -0.302. The lowest BCUT2D eigenvalue weighted by atomic mass is 10.2. The molecule has 2 nitrogen and oxygen atoms in total. The standard InChI is InChI=1S/C10H14ClFN2/c1-2-8(6-13)14-10-5-7(12)3-4-9(10)11/h3-5,8,14H,2,6,13H2,1H3. The fraction of sp³-hybridized carbons (Fsp3) is 0.400. The highest BCUT2D eigenvalue weighted by Crippen LogP contribution is 2.23. The van der Waals surface area contributed by atoms with Gasteiger partial charge in [-0.15, -0.1) is 0 Å². The van der Waals surface area contributed by atoms with Gasteiger partial charge in [0, 0.05) is 12.6 Å². The molecule has 1 rings (SSSR count). The van der Waals surface area contributed by atoms with E-state index < -0.39 is 0 Å². The van der Waals surface area contributed by atoms with Crippen molar-refractivity contribution in [3.05, 3.63) is 29.0 Å². The molecule has 14 heavy (non-hydrogen) atoms. The molecule has 4 heteroatoms. The van der Waals surface area contributed by atoms with E-state index in [-0.39, 0.29) is 11.9 Å². The van der Waals surface area contributed by atoms with Crippen molar-refractivity contribution in [3.8, 4) is 0 Å². The van der Waals surface area contributed by atoms with Crippen LogP contribution in [0.1, 0.15) is 13.3 Å². The van der Waals surface area contributed by atoms with E-state index in [0.29, 0.717) is 17.3 Å². The number of halogens is 2. The lowest BCUT2D eigenvalue weighted by molar-refractivity contribution is 0.627. The molecule has 0 bridgehead atoms. The summed E-state index contributed by atoms with van der Waals surface area (Å²) in [6.07, 6.45) is 0.878. The van der Waals surface area contributed by atoms with Gasteiger partial charge in [-0.1, -0.05) is 18.5 Å². The summed E-state index contributed by atoms with van der Waals surface area (Å²) in [6, 6.07) is 4.37. The van der Waals surface area contributed by atoms with Crippen LogP contribution >= 0.6 is 11.6 Å². The number of benzene rings is 1. The molecule has 0 radical (unpaired) electrons. The van der Waals surface area contributed by atoms with E-state index in [1.165, 1.54) is 18.2 Å². The Hall–Kier alpha value is -0.800. The highest BCUT2D eigenvalue weighted by Gasteiger charge is 2.07. The monoisotopic (exact) mass is 216 g/mol. The fourth-order valence-corrected chi connectivity index (χ4v) is 1.33. The number of rotatable bonds is 4. The molecule has 1 aromatic rings. The summed E-state index contributed by atoms with van der Waals surface area (Å²) in [6.45, 7) is 2.51. The van der Waals surface area contributed by atoms with Gasteiger partial charge in [-0.05, 0) is 24.6 Å². The van der Waals surface area contributed by atoms with Gasteiger partial charge in [-0.3, -0.25) is 0 Å². The maximum Gasteiger partial charge on any atom is 0.125 e. The first-order chi connectivity index (χ1) is 6.67. The van der Waals surface area contributed by atoms with Gasteiger partial charge in [-0.25, -0.2) is 4.39 Å². The zero-order valence-electron chi connectivity index (χ0n) is 8.06. The average Bonchev–Trinajstić information content (AvgIpc) is 2.19. The van der Waals surface area contributed by atoms with Crippen LogP contribution in [-0.2, 0) is 0 Å². The van der Waals surface area contributed by atoms with Gasteiger partial charge in [0.1, 0.15) is 5.82 Å². The molecule has 3 N–H and O–H groups in total. The van der Waals surface area contributed by atoms with Crippen molar-refractivity contribution in [2.75, 3.05) is 11.9 Å². The van der Waals surface area contributed by atoms with E-state index in [1.54, 1.807) is 0 Å².